The molecule has 22 heavy (non-hydrogen) atoms. The SMILES string of the molecule is CC1(C)C[C@@H](c2ccc(Cl)c(Cl)c2)c2ccccc2/C1=N/O. The van der Waals surface area contributed by atoms with Gasteiger partial charge in [0.15, 0.2) is 0 Å². The molecular formula is C18H17Cl2NO. The number of halogens is 2. The van der Waals surface area contributed by atoms with Gasteiger partial charge in [0.05, 0.1) is 15.8 Å². The minimum atomic E-state index is -0.222. The van der Waals surface area contributed by atoms with Gasteiger partial charge in [-0.1, -0.05) is 72.5 Å². The van der Waals surface area contributed by atoms with Crippen molar-refractivity contribution in [1.82, 2.24) is 0 Å². The van der Waals surface area contributed by atoms with Gasteiger partial charge in [-0.05, 0) is 29.7 Å². The molecule has 0 aliphatic heterocycles. The van der Waals surface area contributed by atoms with Gasteiger partial charge in [0.2, 0.25) is 0 Å². The lowest BCUT2D eigenvalue weighted by molar-refractivity contribution is 0.304. The minimum absolute atomic E-state index is 0.200. The van der Waals surface area contributed by atoms with Crippen LogP contribution in [0.4, 0.5) is 0 Å². The fourth-order valence-corrected chi connectivity index (χ4v) is 3.62. The molecule has 0 spiro atoms. The highest BCUT2D eigenvalue weighted by atomic mass is 35.5. The predicted molar refractivity (Wildman–Crippen MR) is 91.5 cm³/mol. The first-order chi connectivity index (χ1) is 10.4. The average molecular weight is 334 g/mol. The third-order valence-electron chi connectivity index (χ3n) is 4.39. The first-order valence-electron chi connectivity index (χ1n) is 7.21. The molecule has 114 valence electrons. The molecule has 0 fully saturated rings. The van der Waals surface area contributed by atoms with Crippen molar-refractivity contribution < 1.29 is 5.21 Å². The van der Waals surface area contributed by atoms with E-state index in [0.717, 1.165) is 28.8 Å². The third kappa shape index (κ3) is 2.51. The van der Waals surface area contributed by atoms with Crippen LogP contribution in [0.3, 0.4) is 0 Å². The molecule has 2 nitrogen and oxygen atoms in total. The van der Waals surface area contributed by atoms with E-state index in [1.807, 2.05) is 36.4 Å². The molecule has 2 aromatic rings. The van der Waals surface area contributed by atoms with E-state index < -0.39 is 0 Å². The molecule has 1 N–H and O–H groups in total. The molecule has 3 rings (SSSR count). The molecule has 0 heterocycles. The van der Waals surface area contributed by atoms with Crippen molar-refractivity contribution in [3.63, 3.8) is 0 Å². The Labute approximate surface area is 140 Å². The molecule has 4 heteroatoms. The maximum absolute atomic E-state index is 9.46. The molecule has 2 aromatic carbocycles. The summed E-state index contributed by atoms with van der Waals surface area (Å²) >= 11 is 12.2. The van der Waals surface area contributed by atoms with Crippen molar-refractivity contribution in [2.24, 2.45) is 10.6 Å². The van der Waals surface area contributed by atoms with Gasteiger partial charge in [0.25, 0.3) is 0 Å². The number of hydrogen-bond donors (Lipinski definition) is 1. The van der Waals surface area contributed by atoms with E-state index in [2.05, 4.69) is 25.1 Å². The summed E-state index contributed by atoms with van der Waals surface area (Å²) in [7, 11) is 0. The highest BCUT2D eigenvalue weighted by Crippen LogP contribution is 2.46. The van der Waals surface area contributed by atoms with E-state index >= 15 is 0 Å². The van der Waals surface area contributed by atoms with Crippen LogP contribution in [0.2, 0.25) is 10.0 Å². The summed E-state index contributed by atoms with van der Waals surface area (Å²) in [4.78, 5) is 0. The van der Waals surface area contributed by atoms with Crippen LogP contribution in [0.1, 0.15) is 42.9 Å². The van der Waals surface area contributed by atoms with Crippen molar-refractivity contribution in [3.05, 3.63) is 69.2 Å². The lowest BCUT2D eigenvalue weighted by Crippen LogP contribution is -2.34. The summed E-state index contributed by atoms with van der Waals surface area (Å²) in [6, 6.07) is 13.9. The van der Waals surface area contributed by atoms with Gasteiger partial charge in [-0.15, -0.1) is 0 Å². The van der Waals surface area contributed by atoms with Gasteiger partial charge >= 0.3 is 0 Å². The minimum Gasteiger partial charge on any atom is -0.411 e. The summed E-state index contributed by atoms with van der Waals surface area (Å²) in [6.45, 7) is 4.20. The fourth-order valence-electron chi connectivity index (χ4n) is 3.31. The van der Waals surface area contributed by atoms with Crippen LogP contribution >= 0.6 is 23.2 Å². The molecule has 0 amide bonds. The molecule has 0 unspecified atom stereocenters. The number of rotatable bonds is 1. The summed E-state index contributed by atoms with van der Waals surface area (Å²) in [6.07, 6.45) is 0.849. The number of oxime groups is 1. The van der Waals surface area contributed by atoms with Crippen molar-refractivity contribution in [2.45, 2.75) is 26.2 Å². The van der Waals surface area contributed by atoms with Crippen LogP contribution in [0.15, 0.2) is 47.6 Å². The molecule has 1 aliphatic rings. The summed E-state index contributed by atoms with van der Waals surface area (Å²) in [5.41, 5.74) is 3.80. The van der Waals surface area contributed by atoms with Gasteiger partial charge in [-0.3, -0.25) is 0 Å². The van der Waals surface area contributed by atoms with E-state index in [1.165, 1.54) is 0 Å². The van der Waals surface area contributed by atoms with Crippen LogP contribution in [-0.2, 0) is 0 Å². The second kappa shape index (κ2) is 5.60. The van der Waals surface area contributed by atoms with Gasteiger partial charge < -0.3 is 5.21 Å². The summed E-state index contributed by atoms with van der Waals surface area (Å²) < 4.78 is 0. The zero-order chi connectivity index (χ0) is 15.9. The molecular weight excluding hydrogens is 317 g/mol. The molecule has 1 aliphatic carbocycles. The van der Waals surface area contributed by atoms with E-state index in [9.17, 15) is 5.21 Å². The van der Waals surface area contributed by atoms with Crippen LogP contribution in [-0.4, -0.2) is 10.9 Å². The van der Waals surface area contributed by atoms with Gasteiger partial charge in [-0.25, -0.2) is 0 Å². The standard InChI is InChI=1S/C18H17Cl2NO/c1-18(2)10-14(11-7-8-15(19)16(20)9-11)12-5-3-4-6-13(12)17(18)21-22/h3-9,14,22H,10H2,1-2H3/b21-17-/t14-/m0/s1. The quantitative estimate of drug-likeness (QED) is 0.524. The second-order valence-electron chi connectivity index (χ2n) is 6.35. The number of fused-ring (bicyclic) bond motifs is 1. The van der Waals surface area contributed by atoms with Crippen LogP contribution in [0, 0.1) is 5.41 Å². The Hall–Kier alpha value is -1.51. The molecule has 0 aromatic heterocycles. The van der Waals surface area contributed by atoms with E-state index in [4.69, 9.17) is 23.2 Å². The summed E-state index contributed by atoms with van der Waals surface area (Å²) in [5, 5.41) is 14.2. The van der Waals surface area contributed by atoms with E-state index in [0.29, 0.717) is 10.0 Å². The maximum atomic E-state index is 9.46. The molecule has 0 radical (unpaired) electrons. The van der Waals surface area contributed by atoms with Crippen LogP contribution < -0.4 is 0 Å². The average Bonchev–Trinajstić information content (AvgIpc) is 2.49. The topological polar surface area (TPSA) is 32.6 Å². The van der Waals surface area contributed by atoms with Crippen LogP contribution in [0.5, 0.6) is 0 Å². The largest absolute Gasteiger partial charge is 0.411 e. The Kier molecular flexibility index (Phi) is 3.92. The maximum Gasteiger partial charge on any atom is 0.0927 e. The lowest BCUT2D eigenvalue weighted by atomic mass is 9.66. The van der Waals surface area contributed by atoms with Gasteiger partial charge in [-0.2, -0.15) is 0 Å². The normalized spacial score (nSPS) is 21.6. The van der Waals surface area contributed by atoms with Crippen molar-refractivity contribution in [3.8, 4) is 0 Å². The van der Waals surface area contributed by atoms with Crippen molar-refractivity contribution in [1.29, 1.82) is 0 Å². The predicted octanol–water partition coefficient (Wildman–Crippen LogP) is 5.73. The number of nitrogens with zero attached hydrogens (tertiary/aromatic N) is 1. The Balaban J connectivity index is 2.18. The Bertz CT molecular complexity index is 753. The monoisotopic (exact) mass is 333 g/mol. The fraction of sp³-hybridized carbons (Fsp3) is 0.278. The lowest BCUT2D eigenvalue weighted by Gasteiger charge is -2.37. The van der Waals surface area contributed by atoms with Gasteiger partial charge in [0.1, 0.15) is 0 Å². The van der Waals surface area contributed by atoms with Crippen molar-refractivity contribution >= 4 is 28.9 Å². The molecule has 0 saturated carbocycles. The second-order valence-corrected chi connectivity index (χ2v) is 7.16. The zero-order valence-electron chi connectivity index (χ0n) is 12.5. The van der Waals surface area contributed by atoms with Gasteiger partial charge in [0, 0.05) is 16.9 Å². The molecule has 1 atom stereocenters. The molecule has 0 bridgehead atoms. The highest BCUT2D eigenvalue weighted by Gasteiger charge is 2.38. The van der Waals surface area contributed by atoms with E-state index in [1.54, 1.807) is 0 Å². The zero-order valence-corrected chi connectivity index (χ0v) is 14.0. The Morgan fingerprint density at radius 1 is 1.09 bits per heavy atom. The third-order valence-corrected chi connectivity index (χ3v) is 5.13. The Morgan fingerprint density at radius 2 is 1.82 bits per heavy atom. The summed E-state index contributed by atoms with van der Waals surface area (Å²) in [5.74, 6) is 0.200. The Morgan fingerprint density at radius 3 is 2.50 bits per heavy atom. The smallest absolute Gasteiger partial charge is 0.0927 e. The molecule has 0 saturated heterocycles. The highest BCUT2D eigenvalue weighted by molar-refractivity contribution is 6.42. The first-order valence-corrected chi connectivity index (χ1v) is 7.96. The van der Waals surface area contributed by atoms with E-state index in [-0.39, 0.29) is 11.3 Å². The van der Waals surface area contributed by atoms with Crippen LogP contribution in [0.25, 0.3) is 0 Å². The van der Waals surface area contributed by atoms with Crippen molar-refractivity contribution in [2.75, 3.05) is 0 Å². The number of benzene rings is 2. The number of hydrogen-bond acceptors (Lipinski definition) is 2. The first kappa shape index (κ1) is 15.4.